The molecule has 0 bridgehead atoms. The third-order valence-electron chi connectivity index (χ3n) is 5.41. The molecule has 1 fully saturated rings. The van der Waals surface area contributed by atoms with Gasteiger partial charge in [0.25, 0.3) is 11.6 Å². The zero-order chi connectivity index (χ0) is 23.2. The lowest BCUT2D eigenvalue weighted by atomic mass is 10.1. The number of para-hydroxylation sites is 1. The van der Waals surface area contributed by atoms with Gasteiger partial charge in [-0.2, -0.15) is 0 Å². The van der Waals surface area contributed by atoms with E-state index in [1.165, 1.54) is 27.2 Å². The van der Waals surface area contributed by atoms with Crippen molar-refractivity contribution in [2.45, 2.75) is 32.0 Å². The van der Waals surface area contributed by atoms with Gasteiger partial charge in [-0.15, -0.1) is 11.3 Å². The second-order valence-corrected chi connectivity index (χ2v) is 8.39. The first kappa shape index (κ1) is 22.4. The number of aromatic nitrogens is 1. The number of thiazole rings is 1. The summed E-state index contributed by atoms with van der Waals surface area (Å²) in [6, 6.07) is 14.9. The number of benzene rings is 2. The SMILES string of the molecule is O=C(C1CCCN1C(=O)OCc1ccccc1)N(Cc1ccccc1[N+](=O)[O-])c1nccs1. The van der Waals surface area contributed by atoms with Crippen molar-refractivity contribution in [3.05, 3.63) is 87.4 Å². The molecule has 33 heavy (non-hydrogen) atoms. The van der Waals surface area contributed by atoms with E-state index in [0.717, 1.165) is 5.56 Å². The van der Waals surface area contributed by atoms with Crippen molar-refractivity contribution in [2.75, 3.05) is 11.4 Å². The van der Waals surface area contributed by atoms with Crippen molar-refractivity contribution in [3.8, 4) is 0 Å². The number of hydrogen-bond acceptors (Lipinski definition) is 7. The van der Waals surface area contributed by atoms with Gasteiger partial charge >= 0.3 is 6.09 Å². The fourth-order valence-corrected chi connectivity index (χ4v) is 4.45. The minimum absolute atomic E-state index is 0.0209. The van der Waals surface area contributed by atoms with Gasteiger partial charge in [0, 0.05) is 29.8 Å². The van der Waals surface area contributed by atoms with Crippen molar-refractivity contribution in [1.29, 1.82) is 0 Å². The van der Waals surface area contributed by atoms with Gasteiger partial charge in [0.15, 0.2) is 5.13 Å². The molecule has 2 aromatic carbocycles. The summed E-state index contributed by atoms with van der Waals surface area (Å²) in [4.78, 5) is 44.5. The maximum Gasteiger partial charge on any atom is 0.410 e. The fourth-order valence-electron chi connectivity index (χ4n) is 3.81. The molecule has 3 aromatic rings. The Morgan fingerprint density at radius 1 is 1.18 bits per heavy atom. The van der Waals surface area contributed by atoms with E-state index in [4.69, 9.17) is 4.74 Å². The molecule has 1 unspecified atom stereocenters. The summed E-state index contributed by atoms with van der Waals surface area (Å²) in [6.45, 7) is 0.498. The minimum atomic E-state index is -0.722. The highest BCUT2D eigenvalue weighted by molar-refractivity contribution is 7.13. The summed E-state index contributed by atoms with van der Waals surface area (Å²) >= 11 is 1.26. The Morgan fingerprint density at radius 2 is 1.94 bits per heavy atom. The monoisotopic (exact) mass is 466 g/mol. The number of carbonyl (C=O) groups is 2. The van der Waals surface area contributed by atoms with E-state index in [2.05, 4.69) is 4.98 Å². The van der Waals surface area contributed by atoms with Crippen LogP contribution < -0.4 is 4.90 Å². The maximum atomic E-state index is 13.6. The van der Waals surface area contributed by atoms with Crippen molar-refractivity contribution >= 4 is 34.2 Å². The molecule has 170 valence electrons. The number of nitro groups is 1. The number of anilines is 1. The molecule has 4 rings (SSSR count). The molecule has 0 radical (unpaired) electrons. The molecule has 0 saturated carbocycles. The average molecular weight is 467 g/mol. The predicted octanol–water partition coefficient (Wildman–Crippen LogP) is 4.39. The number of hydrogen-bond donors (Lipinski definition) is 0. The summed E-state index contributed by atoms with van der Waals surface area (Å²) in [5.74, 6) is -0.336. The van der Waals surface area contributed by atoms with Crippen molar-refractivity contribution in [1.82, 2.24) is 9.88 Å². The van der Waals surface area contributed by atoms with Gasteiger partial charge in [0.2, 0.25) is 0 Å². The van der Waals surface area contributed by atoms with Gasteiger partial charge in [-0.1, -0.05) is 48.5 Å². The highest BCUT2D eigenvalue weighted by Crippen LogP contribution is 2.29. The molecule has 10 heteroatoms. The number of nitrogens with zero attached hydrogens (tertiary/aromatic N) is 4. The lowest BCUT2D eigenvalue weighted by Crippen LogP contribution is -2.48. The number of rotatable bonds is 7. The molecular weight excluding hydrogens is 444 g/mol. The topological polar surface area (TPSA) is 106 Å². The minimum Gasteiger partial charge on any atom is -0.445 e. The van der Waals surface area contributed by atoms with Crippen LogP contribution in [0.15, 0.2) is 66.2 Å². The second kappa shape index (κ2) is 10.2. The second-order valence-electron chi connectivity index (χ2n) is 7.52. The average Bonchev–Trinajstić information content (AvgIpc) is 3.54. The van der Waals surface area contributed by atoms with Gasteiger partial charge < -0.3 is 4.74 Å². The zero-order valence-electron chi connectivity index (χ0n) is 17.7. The number of likely N-dealkylation sites (tertiary alicyclic amines) is 1. The quantitative estimate of drug-likeness (QED) is 0.378. The highest BCUT2D eigenvalue weighted by Gasteiger charge is 2.39. The Hall–Kier alpha value is -3.79. The zero-order valence-corrected chi connectivity index (χ0v) is 18.5. The van der Waals surface area contributed by atoms with Crippen LogP contribution in [-0.2, 0) is 22.7 Å². The Labute approximate surface area is 194 Å². The van der Waals surface area contributed by atoms with E-state index < -0.39 is 17.1 Å². The van der Waals surface area contributed by atoms with Gasteiger partial charge in [0.1, 0.15) is 12.6 Å². The highest BCUT2D eigenvalue weighted by atomic mass is 32.1. The van der Waals surface area contributed by atoms with Crippen molar-refractivity contribution in [3.63, 3.8) is 0 Å². The summed E-state index contributed by atoms with van der Waals surface area (Å²) in [7, 11) is 0. The fraction of sp³-hybridized carbons (Fsp3) is 0.261. The van der Waals surface area contributed by atoms with E-state index in [1.54, 1.807) is 29.8 Å². The molecule has 1 atom stereocenters. The predicted molar refractivity (Wildman–Crippen MR) is 123 cm³/mol. The summed E-state index contributed by atoms with van der Waals surface area (Å²) in [5.41, 5.74) is 1.17. The standard InChI is InChI=1S/C23H22N4O5S/c28-21(20-11-6-13-25(20)23(29)32-16-17-7-2-1-3-8-17)26(22-24-12-14-33-22)15-18-9-4-5-10-19(18)27(30)31/h1-5,7-10,12,14,20H,6,11,13,15-16H2. The lowest BCUT2D eigenvalue weighted by molar-refractivity contribution is -0.385. The van der Waals surface area contributed by atoms with Gasteiger partial charge in [-0.3, -0.25) is 24.7 Å². The van der Waals surface area contributed by atoms with Crippen LogP contribution in [0.2, 0.25) is 0 Å². The van der Waals surface area contributed by atoms with Crippen LogP contribution in [0.25, 0.3) is 0 Å². The van der Waals surface area contributed by atoms with E-state index >= 15 is 0 Å². The van der Waals surface area contributed by atoms with Crippen LogP contribution in [0, 0.1) is 10.1 Å². The van der Waals surface area contributed by atoms with Crippen LogP contribution in [-0.4, -0.2) is 39.4 Å². The maximum absolute atomic E-state index is 13.6. The molecule has 0 N–H and O–H groups in total. The first-order valence-corrected chi connectivity index (χ1v) is 11.3. The third-order valence-corrected chi connectivity index (χ3v) is 6.20. The molecule has 0 spiro atoms. The van der Waals surface area contributed by atoms with Crippen molar-refractivity contribution in [2.24, 2.45) is 0 Å². The van der Waals surface area contributed by atoms with Gasteiger partial charge in [-0.05, 0) is 18.4 Å². The molecule has 2 amide bonds. The number of amides is 2. The molecular formula is C23H22N4O5S. The summed E-state index contributed by atoms with van der Waals surface area (Å²) in [5, 5.41) is 13.6. The molecule has 2 heterocycles. The number of carbonyl (C=O) groups excluding carboxylic acids is 2. The molecule has 1 saturated heterocycles. The molecule has 1 aromatic heterocycles. The van der Waals surface area contributed by atoms with Crippen LogP contribution in [0.1, 0.15) is 24.0 Å². The number of nitro benzene ring substituents is 1. The molecule has 9 nitrogen and oxygen atoms in total. The van der Waals surface area contributed by atoms with E-state index in [1.807, 2.05) is 30.3 Å². The largest absolute Gasteiger partial charge is 0.445 e. The normalized spacial score (nSPS) is 15.3. The summed E-state index contributed by atoms with van der Waals surface area (Å²) in [6.07, 6.45) is 2.16. The van der Waals surface area contributed by atoms with Crippen LogP contribution in [0.4, 0.5) is 15.6 Å². The first-order valence-electron chi connectivity index (χ1n) is 10.4. The van der Waals surface area contributed by atoms with Gasteiger partial charge in [-0.25, -0.2) is 9.78 Å². The lowest BCUT2D eigenvalue weighted by Gasteiger charge is -2.28. The molecule has 1 aliphatic rings. The Morgan fingerprint density at radius 3 is 2.67 bits per heavy atom. The van der Waals surface area contributed by atoms with Crippen LogP contribution >= 0.6 is 11.3 Å². The molecule has 1 aliphatic heterocycles. The Bertz CT molecular complexity index is 1120. The molecule has 0 aliphatic carbocycles. The van der Waals surface area contributed by atoms with Crippen molar-refractivity contribution < 1.29 is 19.2 Å². The van der Waals surface area contributed by atoms with E-state index in [9.17, 15) is 19.7 Å². The van der Waals surface area contributed by atoms with E-state index in [0.29, 0.717) is 30.1 Å². The van der Waals surface area contributed by atoms with E-state index in [-0.39, 0.29) is 24.7 Å². The summed E-state index contributed by atoms with van der Waals surface area (Å²) < 4.78 is 5.45. The van der Waals surface area contributed by atoms with Gasteiger partial charge in [0.05, 0.1) is 11.5 Å². The van der Waals surface area contributed by atoms with Crippen LogP contribution in [0.3, 0.4) is 0 Å². The Kier molecular flexibility index (Phi) is 6.94. The van der Waals surface area contributed by atoms with Crippen LogP contribution in [0.5, 0.6) is 0 Å². The number of ether oxygens (including phenoxy) is 1. The Balaban J connectivity index is 1.53. The smallest absolute Gasteiger partial charge is 0.410 e. The third kappa shape index (κ3) is 5.17. The first-order chi connectivity index (χ1) is 16.0.